The van der Waals surface area contributed by atoms with Gasteiger partial charge in [0, 0.05) is 25.0 Å². The summed E-state index contributed by atoms with van der Waals surface area (Å²) in [6, 6.07) is 0.174. The summed E-state index contributed by atoms with van der Waals surface area (Å²) in [5, 5.41) is 3.19. The SMILES string of the molecule is CC(C)n1ccnc(NCC2CCSC2)c1=O. The molecule has 1 aliphatic heterocycles. The highest BCUT2D eigenvalue weighted by Crippen LogP contribution is 2.23. The van der Waals surface area contributed by atoms with Gasteiger partial charge in [-0.15, -0.1) is 0 Å². The Kier molecular flexibility index (Phi) is 4.10. The molecule has 2 heterocycles. The van der Waals surface area contributed by atoms with Crippen molar-refractivity contribution in [1.29, 1.82) is 0 Å². The first-order valence-corrected chi connectivity index (χ1v) is 7.22. The zero-order chi connectivity index (χ0) is 12.3. The van der Waals surface area contributed by atoms with Crippen LogP contribution >= 0.6 is 11.8 Å². The van der Waals surface area contributed by atoms with Crippen LogP contribution in [0.25, 0.3) is 0 Å². The van der Waals surface area contributed by atoms with Crippen molar-refractivity contribution in [2.24, 2.45) is 5.92 Å². The summed E-state index contributed by atoms with van der Waals surface area (Å²) in [5.74, 6) is 3.59. The van der Waals surface area contributed by atoms with Crippen molar-refractivity contribution < 1.29 is 0 Å². The lowest BCUT2D eigenvalue weighted by Gasteiger charge is -2.13. The number of thioether (sulfide) groups is 1. The fourth-order valence-electron chi connectivity index (χ4n) is 1.94. The molecule has 0 radical (unpaired) electrons. The quantitative estimate of drug-likeness (QED) is 0.891. The number of anilines is 1. The van der Waals surface area contributed by atoms with Gasteiger partial charge in [-0.2, -0.15) is 11.8 Å². The summed E-state index contributed by atoms with van der Waals surface area (Å²) in [5.41, 5.74) is -0.0202. The third kappa shape index (κ3) is 3.03. The first-order chi connectivity index (χ1) is 8.18. The molecular formula is C12H19N3OS. The van der Waals surface area contributed by atoms with Gasteiger partial charge in [0.05, 0.1) is 0 Å². The number of hydrogen-bond donors (Lipinski definition) is 1. The number of hydrogen-bond acceptors (Lipinski definition) is 4. The maximum absolute atomic E-state index is 12.0. The lowest BCUT2D eigenvalue weighted by Crippen LogP contribution is -2.27. The Balaban J connectivity index is 2.05. The van der Waals surface area contributed by atoms with Crippen molar-refractivity contribution in [3.8, 4) is 0 Å². The molecule has 1 aliphatic rings. The van der Waals surface area contributed by atoms with Crippen LogP contribution in [0.5, 0.6) is 0 Å². The van der Waals surface area contributed by atoms with Crippen LogP contribution in [0.2, 0.25) is 0 Å². The Hall–Kier alpha value is -0.970. The fourth-order valence-corrected chi connectivity index (χ4v) is 3.22. The van der Waals surface area contributed by atoms with Gasteiger partial charge in [-0.3, -0.25) is 4.79 Å². The van der Waals surface area contributed by atoms with Crippen LogP contribution in [0, 0.1) is 5.92 Å². The molecule has 4 nitrogen and oxygen atoms in total. The largest absolute Gasteiger partial charge is 0.365 e. The molecule has 1 aromatic heterocycles. The predicted molar refractivity (Wildman–Crippen MR) is 72.8 cm³/mol. The first-order valence-electron chi connectivity index (χ1n) is 6.07. The molecule has 0 bridgehead atoms. The third-order valence-electron chi connectivity index (χ3n) is 3.01. The van der Waals surface area contributed by atoms with Gasteiger partial charge >= 0.3 is 0 Å². The molecule has 0 aliphatic carbocycles. The number of nitrogens with one attached hydrogen (secondary N) is 1. The summed E-state index contributed by atoms with van der Waals surface area (Å²) >= 11 is 1.99. The second-order valence-corrected chi connectivity index (χ2v) is 5.84. The van der Waals surface area contributed by atoms with Crippen molar-refractivity contribution in [2.45, 2.75) is 26.3 Å². The van der Waals surface area contributed by atoms with Crippen LogP contribution in [-0.4, -0.2) is 27.6 Å². The van der Waals surface area contributed by atoms with Crippen LogP contribution < -0.4 is 10.9 Å². The second kappa shape index (κ2) is 5.58. The smallest absolute Gasteiger partial charge is 0.293 e. The number of rotatable bonds is 4. The van der Waals surface area contributed by atoms with Crippen LogP contribution in [0.1, 0.15) is 26.3 Å². The highest BCUT2D eigenvalue weighted by atomic mass is 32.2. The molecule has 1 N–H and O–H groups in total. The molecule has 0 amide bonds. The molecule has 0 spiro atoms. The van der Waals surface area contributed by atoms with Gasteiger partial charge in [0.15, 0.2) is 5.82 Å². The Morgan fingerprint density at radius 3 is 3.12 bits per heavy atom. The molecule has 1 saturated heterocycles. The Bertz CT molecular complexity index is 424. The van der Waals surface area contributed by atoms with E-state index in [4.69, 9.17) is 0 Å². The topological polar surface area (TPSA) is 46.9 Å². The zero-order valence-electron chi connectivity index (χ0n) is 10.3. The standard InChI is InChI=1S/C12H19N3OS/c1-9(2)15-5-4-13-11(12(15)16)14-7-10-3-6-17-8-10/h4-5,9-10H,3,6-8H2,1-2H3,(H,13,14). The molecule has 17 heavy (non-hydrogen) atoms. The van der Waals surface area contributed by atoms with Gasteiger partial charge in [0.25, 0.3) is 5.56 Å². The van der Waals surface area contributed by atoms with E-state index in [1.165, 1.54) is 17.9 Å². The van der Waals surface area contributed by atoms with E-state index in [-0.39, 0.29) is 11.6 Å². The minimum Gasteiger partial charge on any atom is -0.365 e. The fraction of sp³-hybridized carbons (Fsp3) is 0.667. The normalized spacial score (nSPS) is 19.8. The zero-order valence-corrected chi connectivity index (χ0v) is 11.2. The van der Waals surface area contributed by atoms with Gasteiger partial charge < -0.3 is 9.88 Å². The van der Waals surface area contributed by atoms with Crippen LogP contribution in [0.3, 0.4) is 0 Å². The molecule has 94 valence electrons. The highest BCUT2D eigenvalue weighted by molar-refractivity contribution is 7.99. The summed E-state index contributed by atoms with van der Waals surface area (Å²) < 4.78 is 1.71. The summed E-state index contributed by atoms with van der Waals surface area (Å²) in [4.78, 5) is 16.2. The maximum Gasteiger partial charge on any atom is 0.293 e. The van der Waals surface area contributed by atoms with Gasteiger partial charge in [-0.1, -0.05) is 0 Å². The minimum absolute atomic E-state index is 0.0202. The second-order valence-electron chi connectivity index (χ2n) is 4.69. The summed E-state index contributed by atoms with van der Waals surface area (Å²) in [6.07, 6.45) is 4.67. The molecule has 1 unspecified atom stereocenters. The molecular weight excluding hydrogens is 234 g/mol. The predicted octanol–water partition coefficient (Wildman–Crippen LogP) is 1.99. The van der Waals surface area contributed by atoms with Crippen molar-refractivity contribution in [3.05, 3.63) is 22.7 Å². The average Bonchev–Trinajstić information content (AvgIpc) is 2.80. The number of aromatic nitrogens is 2. The molecule has 2 rings (SSSR count). The number of nitrogens with zero attached hydrogens (tertiary/aromatic N) is 2. The molecule has 1 aromatic rings. The van der Waals surface area contributed by atoms with E-state index < -0.39 is 0 Å². The summed E-state index contributed by atoms with van der Waals surface area (Å²) in [6.45, 7) is 4.86. The van der Waals surface area contributed by atoms with Crippen LogP contribution in [-0.2, 0) is 0 Å². The van der Waals surface area contributed by atoms with Crippen LogP contribution in [0.4, 0.5) is 5.82 Å². The molecule has 0 saturated carbocycles. The van der Waals surface area contributed by atoms with E-state index >= 15 is 0 Å². The van der Waals surface area contributed by atoms with E-state index in [9.17, 15) is 4.79 Å². The molecule has 1 atom stereocenters. The Labute approximate surface area is 106 Å². The van der Waals surface area contributed by atoms with E-state index in [2.05, 4.69) is 10.3 Å². The summed E-state index contributed by atoms with van der Waals surface area (Å²) in [7, 11) is 0. The van der Waals surface area contributed by atoms with Gasteiger partial charge in [-0.25, -0.2) is 4.98 Å². The van der Waals surface area contributed by atoms with E-state index in [1.54, 1.807) is 17.0 Å². The van der Waals surface area contributed by atoms with Crippen molar-refractivity contribution in [2.75, 3.05) is 23.4 Å². The minimum atomic E-state index is -0.0202. The van der Waals surface area contributed by atoms with E-state index in [0.29, 0.717) is 11.7 Å². The Morgan fingerprint density at radius 2 is 2.47 bits per heavy atom. The highest BCUT2D eigenvalue weighted by Gasteiger charge is 2.16. The van der Waals surface area contributed by atoms with Crippen molar-refractivity contribution in [1.82, 2.24) is 9.55 Å². The molecule has 0 aromatic carbocycles. The van der Waals surface area contributed by atoms with E-state index in [1.807, 2.05) is 25.6 Å². The van der Waals surface area contributed by atoms with Crippen LogP contribution in [0.15, 0.2) is 17.2 Å². The van der Waals surface area contributed by atoms with E-state index in [0.717, 1.165) is 6.54 Å². The lowest BCUT2D eigenvalue weighted by molar-refractivity contribution is 0.572. The molecule has 5 heteroatoms. The first kappa shape index (κ1) is 12.5. The average molecular weight is 253 g/mol. The van der Waals surface area contributed by atoms with Gasteiger partial charge in [0.2, 0.25) is 0 Å². The third-order valence-corrected chi connectivity index (χ3v) is 4.24. The van der Waals surface area contributed by atoms with Crippen molar-refractivity contribution in [3.63, 3.8) is 0 Å². The monoisotopic (exact) mass is 253 g/mol. The van der Waals surface area contributed by atoms with Crippen molar-refractivity contribution >= 4 is 17.6 Å². The molecule has 1 fully saturated rings. The lowest BCUT2D eigenvalue weighted by atomic mass is 10.1. The van der Waals surface area contributed by atoms with Gasteiger partial charge in [0.1, 0.15) is 0 Å². The Morgan fingerprint density at radius 1 is 1.65 bits per heavy atom. The van der Waals surface area contributed by atoms with Gasteiger partial charge in [-0.05, 0) is 37.7 Å². The maximum atomic E-state index is 12.0.